The SMILES string of the molecule is O=CNc1[nH]nc2c1CSC2. The Labute approximate surface area is 67.8 Å². The number of amides is 1. The first kappa shape index (κ1) is 6.72. The number of H-pyrrole nitrogens is 1. The zero-order chi connectivity index (χ0) is 7.68. The Morgan fingerprint density at radius 3 is 3.36 bits per heavy atom. The molecule has 1 aliphatic rings. The summed E-state index contributed by atoms with van der Waals surface area (Å²) in [5.41, 5.74) is 2.21. The van der Waals surface area contributed by atoms with Gasteiger partial charge in [-0.15, -0.1) is 0 Å². The molecule has 2 heterocycles. The molecule has 0 unspecified atom stereocenters. The highest BCUT2D eigenvalue weighted by Crippen LogP contribution is 2.32. The molecule has 0 spiro atoms. The van der Waals surface area contributed by atoms with Gasteiger partial charge in [0.15, 0.2) is 0 Å². The number of carbonyl (C=O) groups is 1. The van der Waals surface area contributed by atoms with E-state index in [2.05, 4.69) is 15.5 Å². The minimum absolute atomic E-state index is 0.663. The van der Waals surface area contributed by atoms with Gasteiger partial charge in [0.05, 0.1) is 5.69 Å². The van der Waals surface area contributed by atoms with Gasteiger partial charge in [0.1, 0.15) is 5.82 Å². The van der Waals surface area contributed by atoms with Crippen molar-refractivity contribution in [3.05, 3.63) is 11.3 Å². The van der Waals surface area contributed by atoms with E-state index in [4.69, 9.17) is 0 Å². The summed E-state index contributed by atoms with van der Waals surface area (Å²) in [7, 11) is 0. The van der Waals surface area contributed by atoms with E-state index in [1.54, 1.807) is 0 Å². The third-order valence-electron chi connectivity index (χ3n) is 1.64. The first-order valence-corrected chi connectivity index (χ1v) is 4.41. The molecular weight excluding hydrogens is 162 g/mol. The number of aromatic nitrogens is 2. The molecule has 0 saturated carbocycles. The number of thioether (sulfide) groups is 1. The van der Waals surface area contributed by atoms with Crippen LogP contribution in [0.3, 0.4) is 0 Å². The normalized spacial score (nSPS) is 14.5. The summed E-state index contributed by atoms with van der Waals surface area (Å²) < 4.78 is 0. The van der Waals surface area contributed by atoms with Crippen LogP contribution in [0.1, 0.15) is 11.3 Å². The van der Waals surface area contributed by atoms with E-state index in [0.717, 1.165) is 28.6 Å². The van der Waals surface area contributed by atoms with E-state index in [9.17, 15) is 4.79 Å². The van der Waals surface area contributed by atoms with Gasteiger partial charge < -0.3 is 5.32 Å². The number of carbonyl (C=O) groups excluding carboxylic acids is 1. The van der Waals surface area contributed by atoms with Crippen molar-refractivity contribution in [1.29, 1.82) is 0 Å². The van der Waals surface area contributed by atoms with E-state index in [-0.39, 0.29) is 0 Å². The molecule has 4 nitrogen and oxygen atoms in total. The first-order chi connectivity index (χ1) is 5.42. The summed E-state index contributed by atoms with van der Waals surface area (Å²) in [4.78, 5) is 10.1. The molecular formula is C6H7N3OS. The number of rotatable bonds is 2. The van der Waals surface area contributed by atoms with E-state index < -0.39 is 0 Å². The quantitative estimate of drug-likeness (QED) is 0.641. The van der Waals surface area contributed by atoms with Gasteiger partial charge in [-0.3, -0.25) is 9.89 Å². The van der Waals surface area contributed by atoms with E-state index >= 15 is 0 Å². The van der Waals surface area contributed by atoms with Gasteiger partial charge >= 0.3 is 0 Å². The molecule has 2 rings (SSSR count). The van der Waals surface area contributed by atoms with Crippen molar-refractivity contribution < 1.29 is 4.79 Å². The molecule has 0 aliphatic carbocycles. The molecule has 1 aliphatic heterocycles. The largest absolute Gasteiger partial charge is 0.313 e. The average molecular weight is 169 g/mol. The highest BCUT2D eigenvalue weighted by molar-refractivity contribution is 7.98. The van der Waals surface area contributed by atoms with Crippen molar-refractivity contribution in [1.82, 2.24) is 10.2 Å². The van der Waals surface area contributed by atoms with Crippen molar-refractivity contribution in [2.45, 2.75) is 11.5 Å². The maximum absolute atomic E-state index is 10.1. The van der Waals surface area contributed by atoms with Crippen LogP contribution < -0.4 is 5.32 Å². The predicted octanol–water partition coefficient (Wildman–Crippen LogP) is 0.725. The number of hydrogen-bond donors (Lipinski definition) is 2. The van der Waals surface area contributed by atoms with Crippen LogP contribution >= 0.6 is 11.8 Å². The van der Waals surface area contributed by atoms with Gasteiger partial charge in [-0.05, 0) is 0 Å². The van der Waals surface area contributed by atoms with Crippen LogP contribution in [0.15, 0.2) is 0 Å². The molecule has 0 radical (unpaired) electrons. The molecule has 0 bridgehead atoms. The molecule has 0 fully saturated rings. The molecule has 0 atom stereocenters. The van der Waals surface area contributed by atoms with Crippen molar-refractivity contribution in [2.75, 3.05) is 5.32 Å². The van der Waals surface area contributed by atoms with Gasteiger partial charge in [0.25, 0.3) is 0 Å². The van der Waals surface area contributed by atoms with Crippen molar-refractivity contribution in [2.24, 2.45) is 0 Å². The summed E-state index contributed by atoms with van der Waals surface area (Å²) >= 11 is 1.81. The zero-order valence-electron chi connectivity index (χ0n) is 5.76. The summed E-state index contributed by atoms with van der Waals surface area (Å²) in [5.74, 6) is 2.65. The minimum Gasteiger partial charge on any atom is -0.313 e. The molecule has 2 N–H and O–H groups in total. The Hall–Kier alpha value is -0.970. The smallest absolute Gasteiger partial charge is 0.212 e. The number of aromatic amines is 1. The maximum atomic E-state index is 10.1. The fourth-order valence-corrected chi connectivity index (χ4v) is 2.15. The third-order valence-corrected chi connectivity index (χ3v) is 2.61. The predicted molar refractivity (Wildman–Crippen MR) is 43.3 cm³/mol. The molecule has 1 amide bonds. The van der Waals surface area contributed by atoms with Crippen molar-refractivity contribution in [3.63, 3.8) is 0 Å². The molecule has 0 saturated heterocycles. The van der Waals surface area contributed by atoms with Crippen molar-refractivity contribution in [3.8, 4) is 0 Å². The third kappa shape index (κ3) is 1.01. The lowest BCUT2D eigenvalue weighted by Crippen LogP contribution is -1.96. The van der Waals surface area contributed by atoms with Crippen molar-refractivity contribution >= 4 is 24.0 Å². The van der Waals surface area contributed by atoms with Crippen LogP contribution in [-0.4, -0.2) is 16.6 Å². The highest BCUT2D eigenvalue weighted by Gasteiger charge is 2.18. The number of fused-ring (bicyclic) bond motifs is 1. The molecule has 1 aromatic heterocycles. The topological polar surface area (TPSA) is 57.8 Å². The second kappa shape index (κ2) is 2.58. The molecule has 1 aromatic rings. The number of nitrogens with one attached hydrogen (secondary N) is 2. The standard InChI is InChI=1S/C6H7N3OS/c10-3-7-6-4-1-11-2-5(4)8-9-6/h3H,1-2H2,(H2,7,8,9,10). The molecule has 5 heteroatoms. The second-order valence-corrected chi connectivity index (χ2v) is 3.26. The van der Waals surface area contributed by atoms with Crippen LogP contribution in [0, 0.1) is 0 Å². The van der Waals surface area contributed by atoms with E-state index in [0.29, 0.717) is 6.41 Å². The molecule has 58 valence electrons. The molecule has 11 heavy (non-hydrogen) atoms. The zero-order valence-corrected chi connectivity index (χ0v) is 6.57. The van der Waals surface area contributed by atoms with Crippen LogP contribution in [0.25, 0.3) is 0 Å². The Bertz CT molecular complexity index is 283. The number of anilines is 1. The van der Waals surface area contributed by atoms with Gasteiger partial charge in [-0.1, -0.05) is 0 Å². The van der Waals surface area contributed by atoms with E-state index in [1.165, 1.54) is 0 Å². The summed E-state index contributed by atoms with van der Waals surface area (Å²) in [5, 5.41) is 9.40. The van der Waals surface area contributed by atoms with Crippen LogP contribution in [-0.2, 0) is 16.3 Å². The number of hydrogen-bond acceptors (Lipinski definition) is 3. The molecule has 0 aromatic carbocycles. The Kier molecular flexibility index (Phi) is 1.58. The Morgan fingerprint density at radius 1 is 1.64 bits per heavy atom. The summed E-state index contributed by atoms with van der Waals surface area (Å²) in [6.07, 6.45) is 0.663. The fraction of sp³-hybridized carbons (Fsp3) is 0.333. The Balaban J connectivity index is 2.34. The number of nitrogens with zero attached hydrogens (tertiary/aromatic N) is 1. The van der Waals surface area contributed by atoms with E-state index in [1.807, 2.05) is 11.8 Å². The lowest BCUT2D eigenvalue weighted by molar-refractivity contribution is -0.105. The van der Waals surface area contributed by atoms with Crippen LogP contribution in [0.4, 0.5) is 5.82 Å². The van der Waals surface area contributed by atoms with Crippen LogP contribution in [0.2, 0.25) is 0 Å². The van der Waals surface area contributed by atoms with Crippen LogP contribution in [0.5, 0.6) is 0 Å². The second-order valence-electron chi connectivity index (χ2n) is 2.28. The fourth-order valence-electron chi connectivity index (χ4n) is 1.11. The maximum Gasteiger partial charge on any atom is 0.212 e. The first-order valence-electron chi connectivity index (χ1n) is 3.26. The van der Waals surface area contributed by atoms with Gasteiger partial charge in [-0.2, -0.15) is 16.9 Å². The lowest BCUT2D eigenvalue weighted by atomic mass is 10.3. The Morgan fingerprint density at radius 2 is 2.55 bits per heavy atom. The monoisotopic (exact) mass is 169 g/mol. The summed E-state index contributed by atoms with van der Waals surface area (Å²) in [6.45, 7) is 0. The lowest BCUT2D eigenvalue weighted by Gasteiger charge is -1.93. The van der Waals surface area contributed by atoms with Gasteiger partial charge in [-0.25, -0.2) is 0 Å². The van der Waals surface area contributed by atoms with Gasteiger partial charge in [0.2, 0.25) is 6.41 Å². The summed E-state index contributed by atoms with van der Waals surface area (Å²) in [6, 6.07) is 0. The van der Waals surface area contributed by atoms with Gasteiger partial charge in [0, 0.05) is 17.1 Å². The highest BCUT2D eigenvalue weighted by atomic mass is 32.2. The average Bonchev–Trinajstić information content (AvgIpc) is 2.53. The minimum atomic E-state index is 0.663.